The van der Waals surface area contributed by atoms with Crippen LogP contribution in [0.3, 0.4) is 0 Å². The maximum Gasteiger partial charge on any atom is 0.321 e. The van der Waals surface area contributed by atoms with Crippen molar-refractivity contribution in [2.24, 2.45) is 11.8 Å². The predicted octanol–water partition coefficient (Wildman–Crippen LogP) is 2.90. The lowest BCUT2D eigenvalue weighted by molar-refractivity contribution is -0.143. The molecular weight excluding hydrogens is 290 g/mol. The number of carboxylic acid groups (broad SMARTS) is 1. The second-order valence-electron chi connectivity index (χ2n) is 5.94. The van der Waals surface area contributed by atoms with Crippen LogP contribution in [-0.4, -0.2) is 41.7 Å². The molecule has 3 unspecified atom stereocenters. The summed E-state index contributed by atoms with van der Waals surface area (Å²) < 4.78 is 5.68. The summed E-state index contributed by atoms with van der Waals surface area (Å²) in [7, 11) is 0. The van der Waals surface area contributed by atoms with Gasteiger partial charge in [-0.3, -0.25) is 9.69 Å². The lowest BCUT2D eigenvalue weighted by atomic mass is 9.94. The number of carbonyl (C=O) groups is 1. The Bertz CT molecular complexity index is 522. The highest BCUT2D eigenvalue weighted by Crippen LogP contribution is 2.42. The van der Waals surface area contributed by atoms with Gasteiger partial charge in [-0.1, -0.05) is 24.1 Å². The zero-order valence-corrected chi connectivity index (χ0v) is 12.6. The van der Waals surface area contributed by atoms with Crippen molar-refractivity contribution in [3.63, 3.8) is 0 Å². The van der Waals surface area contributed by atoms with E-state index in [1.807, 2.05) is 12.1 Å². The van der Waals surface area contributed by atoms with Crippen molar-refractivity contribution in [2.45, 2.75) is 25.3 Å². The van der Waals surface area contributed by atoms with Crippen LogP contribution in [0.15, 0.2) is 24.3 Å². The third kappa shape index (κ3) is 3.16. The van der Waals surface area contributed by atoms with Gasteiger partial charge in [-0.25, -0.2) is 0 Å². The second-order valence-corrected chi connectivity index (χ2v) is 6.38. The Balaban J connectivity index is 1.56. The molecule has 1 aliphatic carbocycles. The molecular formula is C16H20ClNO3. The first-order valence-corrected chi connectivity index (χ1v) is 7.88. The van der Waals surface area contributed by atoms with Gasteiger partial charge < -0.3 is 9.84 Å². The average molecular weight is 310 g/mol. The molecule has 21 heavy (non-hydrogen) atoms. The fraction of sp³-hybridized carbons (Fsp3) is 0.562. The van der Waals surface area contributed by atoms with E-state index in [1.54, 1.807) is 12.1 Å². The van der Waals surface area contributed by atoms with Crippen molar-refractivity contribution in [3.05, 3.63) is 29.3 Å². The van der Waals surface area contributed by atoms with Gasteiger partial charge in [-0.2, -0.15) is 0 Å². The molecule has 4 nitrogen and oxygen atoms in total. The first-order chi connectivity index (χ1) is 10.1. The number of rotatable bonds is 5. The second kappa shape index (κ2) is 6.24. The molecule has 0 bridgehead atoms. The Morgan fingerprint density at radius 2 is 2.29 bits per heavy atom. The van der Waals surface area contributed by atoms with E-state index in [2.05, 4.69) is 4.90 Å². The van der Waals surface area contributed by atoms with Gasteiger partial charge in [0.05, 0.1) is 0 Å². The zero-order valence-electron chi connectivity index (χ0n) is 11.9. The first kappa shape index (κ1) is 14.7. The first-order valence-electron chi connectivity index (χ1n) is 7.50. The molecule has 2 fully saturated rings. The van der Waals surface area contributed by atoms with Crippen LogP contribution in [0.5, 0.6) is 5.75 Å². The number of benzene rings is 1. The summed E-state index contributed by atoms with van der Waals surface area (Å²) >= 11 is 5.91. The van der Waals surface area contributed by atoms with Gasteiger partial charge in [0.2, 0.25) is 0 Å². The Labute approximate surface area is 129 Å². The standard InChI is InChI=1S/C16H20ClNO3/c17-12-4-2-5-13(9-12)21-8-7-18-10-11-3-1-6-14(11)15(18)16(19)20/h2,4-5,9,11,14-15H,1,3,6-8,10H2,(H,19,20). The topological polar surface area (TPSA) is 49.8 Å². The number of ether oxygens (including phenoxy) is 1. The molecule has 2 aliphatic rings. The summed E-state index contributed by atoms with van der Waals surface area (Å²) in [4.78, 5) is 13.6. The normalized spacial score (nSPS) is 28.5. The van der Waals surface area contributed by atoms with E-state index in [0.717, 1.165) is 18.7 Å². The summed E-state index contributed by atoms with van der Waals surface area (Å²) in [6.45, 7) is 2.03. The maximum absolute atomic E-state index is 11.5. The van der Waals surface area contributed by atoms with Crippen molar-refractivity contribution in [2.75, 3.05) is 19.7 Å². The average Bonchev–Trinajstić information content (AvgIpc) is 2.98. The number of halogens is 1. The van der Waals surface area contributed by atoms with Crippen LogP contribution in [0.2, 0.25) is 5.02 Å². The van der Waals surface area contributed by atoms with Gasteiger partial charge in [0, 0.05) is 18.1 Å². The van der Waals surface area contributed by atoms with Crippen LogP contribution in [-0.2, 0) is 4.79 Å². The van der Waals surface area contributed by atoms with Crippen LogP contribution in [0.4, 0.5) is 0 Å². The van der Waals surface area contributed by atoms with E-state index in [1.165, 1.54) is 12.8 Å². The number of likely N-dealkylation sites (tertiary alicyclic amines) is 1. The van der Waals surface area contributed by atoms with E-state index < -0.39 is 5.97 Å². The van der Waals surface area contributed by atoms with Crippen LogP contribution in [0, 0.1) is 11.8 Å². The molecule has 1 aromatic carbocycles. The van der Waals surface area contributed by atoms with Gasteiger partial charge in [-0.05, 0) is 42.9 Å². The minimum Gasteiger partial charge on any atom is -0.492 e. The lowest BCUT2D eigenvalue weighted by Crippen LogP contribution is -2.41. The quantitative estimate of drug-likeness (QED) is 0.908. The van der Waals surface area contributed by atoms with Crippen LogP contribution in [0.25, 0.3) is 0 Å². The molecule has 0 spiro atoms. The molecule has 0 amide bonds. The van der Waals surface area contributed by atoms with E-state index >= 15 is 0 Å². The molecule has 1 saturated heterocycles. The van der Waals surface area contributed by atoms with Gasteiger partial charge >= 0.3 is 5.97 Å². The number of carboxylic acids is 1. The highest BCUT2D eigenvalue weighted by atomic mass is 35.5. The van der Waals surface area contributed by atoms with Crippen molar-refractivity contribution in [1.82, 2.24) is 4.90 Å². The summed E-state index contributed by atoms with van der Waals surface area (Å²) in [6, 6.07) is 6.95. The molecule has 1 aromatic rings. The molecule has 5 heteroatoms. The minimum atomic E-state index is -0.688. The molecule has 3 rings (SSSR count). The molecule has 3 atom stereocenters. The Morgan fingerprint density at radius 3 is 3.05 bits per heavy atom. The SMILES string of the molecule is O=C(O)C1C2CCCC2CN1CCOc1cccc(Cl)c1. The molecule has 1 aliphatic heterocycles. The molecule has 0 radical (unpaired) electrons. The van der Waals surface area contributed by atoms with Gasteiger partial charge in [0.25, 0.3) is 0 Å². The van der Waals surface area contributed by atoms with E-state index in [-0.39, 0.29) is 6.04 Å². The Hall–Kier alpha value is -1.26. The summed E-state index contributed by atoms with van der Waals surface area (Å²) in [5, 5.41) is 10.1. The summed E-state index contributed by atoms with van der Waals surface area (Å²) in [5.41, 5.74) is 0. The van der Waals surface area contributed by atoms with E-state index in [9.17, 15) is 9.90 Å². The molecule has 1 saturated carbocycles. The molecule has 1 N–H and O–H groups in total. The summed E-state index contributed by atoms with van der Waals surface area (Å²) in [5.74, 6) is 0.923. The van der Waals surface area contributed by atoms with Gasteiger partial charge in [0.1, 0.15) is 18.4 Å². The third-order valence-electron chi connectivity index (χ3n) is 4.68. The smallest absolute Gasteiger partial charge is 0.321 e. The highest BCUT2D eigenvalue weighted by molar-refractivity contribution is 6.30. The monoisotopic (exact) mass is 309 g/mol. The maximum atomic E-state index is 11.5. The van der Waals surface area contributed by atoms with E-state index in [0.29, 0.717) is 30.0 Å². The van der Waals surface area contributed by atoms with Gasteiger partial charge in [-0.15, -0.1) is 0 Å². The summed E-state index contributed by atoms with van der Waals surface area (Å²) in [6.07, 6.45) is 3.39. The van der Waals surface area contributed by atoms with E-state index in [4.69, 9.17) is 16.3 Å². The molecule has 114 valence electrons. The predicted molar refractivity (Wildman–Crippen MR) is 80.8 cm³/mol. The number of nitrogens with zero attached hydrogens (tertiary/aromatic N) is 1. The number of fused-ring (bicyclic) bond motifs is 1. The molecule has 0 aromatic heterocycles. The van der Waals surface area contributed by atoms with Crippen LogP contribution < -0.4 is 4.74 Å². The number of hydrogen-bond donors (Lipinski definition) is 1. The Morgan fingerprint density at radius 1 is 1.43 bits per heavy atom. The largest absolute Gasteiger partial charge is 0.492 e. The molecule has 1 heterocycles. The van der Waals surface area contributed by atoms with Crippen molar-refractivity contribution < 1.29 is 14.6 Å². The fourth-order valence-corrected chi connectivity index (χ4v) is 3.98. The lowest BCUT2D eigenvalue weighted by Gasteiger charge is -2.24. The fourth-order valence-electron chi connectivity index (χ4n) is 3.80. The number of hydrogen-bond acceptors (Lipinski definition) is 3. The van der Waals surface area contributed by atoms with Crippen molar-refractivity contribution in [3.8, 4) is 5.75 Å². The number of aliphatic carboxylic acids is 1. The minimum absolute atomic E-state index is 0.327. The third-order valence-corrected chi connectivity index (χ3v) is 4.92. The van der Waals surface area contributed by atoms with Crippen molar-refractivity contribution in [1.29, 1.82) is 0 Å². The Kier molecular flexibility index (Phi) is 4.36. The zero-order chi connectivity index (χ0) is 14.8. The van der Waals surface area contributed by atoms with Crippen molar-refractivity contribution >= 4 is 17.6 Å². The highest BCUT2D eigenvalue weighted by Gasteiger charge is 2.47. The van der Waals surface area contributed by atoms with Gasteiger partial charge in [0.15, 0.2) is 0 Å². The van der Waals surface area contributed by atoms with Crippen LogP contribution in [0.1, 0.15) is 19.3 Å². The van der Waals surface area contributed by atoms with Crippen LogP contribution >= 0.6 is 11.6 Å².